The lowest BCUT2D eigenvalue weighted by Gasteiger charge is -2.24. The minimum atomic E-state index is -4.25. The average Bonchev–Trinajstić information content (AvgIpc) is 2.18. The topological polar surface area (TPSA) is 55.1 Å². The van der Waals surface area contributed by atoms with E-state index in [1.807, 2.05) is 20.8 Å². The summed E-state index contributed by atoms with van der Waals surface area (Å²) in [6, 6.07) is 0. The molecule has 0 radical (unpaired) electrons. The van der Waals surface area contributed by atoms with Crippen molar-refractivity contribution in [2.75, 3.05) is 18.8 Å². The van der Waals surface area contributed by atoms with Crippen molar-refractivity contribution >= 4 is 17.7 Å². The maximum atomic E-state index is 11.9. The number of thioether (sulfide) groups is 1. The largest absolute Gasteiger partial charge is 0.441 e. The molecule has 18 heavy (non-hydrogen) atoms. The van der Waals surface area contributed by atoms with Gasteiger partial charge in [-0.15, -0.1) is 0 Å². The third-order valence-corrected chi connectivity index (χ3v) is 2.92. The van der Waals surface area contributed by atoms with Gasteiger partial charge in [-0.1, -0.05) is 20.8 Å². The summed E-state index contributed by atoms with van der Waals surface area (Å²) in [5, 5.41) is 2.49. The summed E-state index contributed by atoms with van der Waals surface area (Å²) in [6.45, 7) is 6.17. The van der Waals surface area contributed by atoms with Crippen molar-refractivity contribution in [1.82, 2.24) is 5.32 Å². The highest BCUT2D eigenvalue weighted by Gasteiger charge is 2.28. The number of nitrogens with two attached hydrogens (primary N) is 1. The van der Waals surface area contributed by atoms with Gasteiger partial charge in [-0.3, -0.25) is 4.79 Å². The maximum absolute atomic E-state index is 11.9. The summed E-state index contributed by atoms with van der Waals surface area (Å²) in [4.78, 5) is 11.7. The summed E-state index contributed by atoms with van der Waals surface area (Å²) in [5.74, 6) is -0.793. The van der Waals surface area contributed by atoms with Crippen molar-refractivity contribution in [3.05, 3.63) is 0 Å². The minimum absolute atomic E-state index is 0.00362. The Kier molecular flexibility index (Phi) is 7.06. The van der Waals surface area contributed by atoms with Gasteiger partial charge in [-0.05, 0) is 23.6 Å². The van der Waals surface area contributed by atoms with E-state index in [2.05, 4.69) is 5.32 Å². The SMILES string of the molecule is CC(C)(C)CC(CN)C(=O)NCCSC(F)(F)F. The van der Waals surface area contributed by atoms with Gasteiger partial charge in [0.25, 0.3) is 0 Å². The van der Waals surface area contributed by atoms with E-state index in [1.165, 1.54) is 0 Å². The van der Waals surface area contributed by atoms with Crippen LogP contribution in [-0.4, -0.2) is 30.3 Å². The van der Waals surface area contributed by atoms with Crippen molar-refractivity contribution in [3.63, 3.8) is 0 Å². The predicted molar refractivity (Wildman–Crippen MR) is 68.1 cm³/mol. The average molecular weight is 286 g/mol. The second-order valence-corrected chi connectivity index (χ2v) is 6.44. The molecule has 3 N–H and O–H groups in total. The van der Waals surface area contributed by atoms with E-state index < -0.39 is 5.51 Å². The first kappa shape index (κ1) is 17.6. The minimum Gasteiger partial charge on any atom is -0.355 e. The van der Waals surface area contributed by atoms with Crippen molar-refractivity contribution in [1.29, 1.82) is 0 Å². The summed E-state index contributed by atoms with van der Waals surface area (Å²) in [7, 11) is 0. The Hall–Kier alpha value is -0.430. The molecule has 1 atom stereocenters. The zero-order valence-corrected chi connectivity index (χ0v) is 11.8. The molecule has 0 aliphatic heterocycles. The number of amides is 1. The van der Waals surface area contributed by atoms with Crippen LogP contribution < -0.4 is 11.1 Å². The third kappa shape index (κ3) is 9.58. The zero-order chi connectivity index (χ0) is 14.4. The van der Waals surface area contributed by atoms with E-state index in [0.29, 0.717) is 6.42 Å². The van der Waals surface area contributed by atoms with E-state index in [4.69, 9.17) is 5.73 Å². The van der Waals surface area contributed by atoms with Crippen molar-refractivity contribution in [2.24, 2.45) is 17.1 Å². The van der Waals surface area contributed by atoms with Crippen LogP contribution in [0.1, 0.15) is 27.2 Å². The summed E-state index contributed by atoms with van der Waals surface area (Å²) >= 11 is -0.138. The molecule has 0 heterocycles. The van der Waals surface area contributed by atoms with Crippen LogP contribution in [0.2, 0.25) is 0 Å². The Morgan fingerprint density at radius 3 is 2.28 bits per heavy atom. The predicted octanol–water partition coefficient (Wildman–Crippen LogP) is 2.37. The van der Waals surface area contributed by atoms with Crippen LogP contribution in [0.25, 0.3) is 0 Å². The van der Waals surface area contributed by atoms with Gasteiger partial charge in [0.15, 0.2) is 0 Å². The molecule has 0 aromatic carbocycles. The van der Waals surface area contributed by atoms with Gasteiger partial charge in [-0.2, -0.15) is 13.2 Å². The van der Waals surface area contributed by atoms with Gasteiger partial charge in [0.2, 0.25) is 5.91 Å². The molecule has 0 aromatic heterocycles. The normalized spacial score (nSPS) is 14.4. The molecule has 0 saturated carbocycles. The molecule has 1 amide bonds. The van der Waals surface area contributed by atoms with Gasteiger partial charge >= 0.3 is 5.51 Å². The van der Waals surface area contributed by atoms with E-state index in [1.54, 1.807) is 0 Å². The van der Waals surface area contributed by atoms with E-state index in [9.17, 15) is 18.0 Å². The van der Waals surface area contributed by atoms with Gasteiger partial charge in [0, 0.05) is 18.8 Å². The number of hydrogen-bond acceptors (Lipinski definition) is 3. The highest BCUT2D eigenvalue weighted by Crippen LogP contribution is 2.29. The second-order valence-electron chi connectivity index (χ2n) is 5.28. The summed E-state index contributed by atoms with van der Waals surface area (Å²) < 4.78 is 35.6. The van der Waals surface area contributed by atoms with Crippen LogP contribution in [0.15, 0.2) is 0 Å². The standard InChI is InChI=1S/C11H21F3N2OS/c1-10(2,3)6-8(7-15)9(17)16-4-5-18-11(12,13)14/h8H,4-7,15H2,1-3H3,(H,16,17). The Morgan fingerprint density at radius 2 is 1.89 bits per heavy atom. The molecule has 3 nitrogen and oxygen atoms in total. The lowest BCUT2D eigenvalue weighted by Crippen LogP contribution is -2.38. The first-order chi connectivity index (χ1) is 8.05. The van der Waals surface area contributed by atoms with E-state index in [0.717, 1.165) is 0 Å². The number of nitrogens with one attached hydrogen (secondary N) is 1. The van der Waals surface area contributed by atoms with Gasteiger partial charge in [0.1, 0.15) is 0 Å². The molecule has 0 aliphatic carbocycles. The maximum Gasteiger partial charge on any atom is 0.441 e. The monoisotopic (exact) mass is 286 g/mol. The van der Waals surface area contributed by atoms with Crippen LogP contribution in [0.5, 0.6) is 0 Å². The van der Waals surface area contributed by atoms with Crippen molar-refractivity contribution in [3.8, 4) is 0 Å². The molecule has 0 saturated heterocycles. The Balaban J connectivity index is 3.99. The first-order valence-electron chi connectivity index (χ1n) is 5.73. The Labute approximate surface area is 110 Å². The second kappa shape index (κ2) is 7.23. The van der Waals surface area contributed by atoms with Crippen LogP contribution in [0.3, 0.4) is 0 Å². The van der Waals surface area contributed by atoms with Crippen LogP contribution in [-0.2, 0) is 4.79 Å². The van der Waals surface area contributed by atoms with Gasteiger partial charge in [-0.25, -0.2) is 0 Å². The number of hydrogen-bond donors (Lipinski definition) is 2. The Bertz CT molecular complexity index is 264. The number of carbonyl (C=O) groups is 1. The smallest absolute Gasteiger partial charge is 0.355 e. The first-order valence-corrected chi connectivity index (χ1v) is 6.72. The van der Waals surface area contributed by atoms with E-state index in [-0.39, 0.29) is 47.8 Å². The van der Waals surface area contributed by atoms with Crippen molar-refractivity contribution < 1.29 is 18.0 Å². The third-order valence-electron chi connectivity index (χ3n) is 2.18. The number of carbonyl (C=O) groups excluding carboxylic acids is 1. The number of rotatable bonds is 6. The summed E-state index contributed by atoms with van der Waals surface area (Å²) in [6.07, 6.45) is 0.613. The molecule has 0 bridgehead atoms. The molecule has 108 valence electrons. The zero-order valence-electron chi connectivity index (χ0n) is 10.9. The fraction of sp³-hybridized carbons (Fsp3) is 0.909. The lowest BCUT2D eigenvalue weighted by molar-refractivity contribution is -0.125. The molecule has 0 rings (SSSR count). The molecular weight excluding hydrogens is 265 g/mol. The quantitative estimate of drug-likeness (QED) is 0.737. The highest BCUT2D eigenvalue weighted by atomic mass is 32.2. The van der Waals surface area contributed by atoms with Crippen LogP contribution >= 0.6 is 11.8 Å². The van der Waals surface area contributed by atoms with Crippen LogP contribution in [0.4, 0.5) is 13.2 Å². The van der Waals surface area contributed by atoms with E-state index >= 15 is 0 Å². The van der Waals surface area contributed by atoms with Crippen molar-refractivity contribution in [2.45, 2.75) is 32.7 Å². The fourth-order valence-electron chi connectivity index (χ4n) is 1.51. The molecule has 0 fully saturated rings. The molecular formula is C11H21F3N2OS. The fourth-order valence-corrected chi connectivity index (χ4v) is 1.94. The van der Waals surface area contributed by atoms with Gasteiger partial charge in [0.05, 0.1) is 5.92 Å². The summed E-state index contributed by atoms with van der Waals surface area (Å²) in [5.41, 5.74) is 1.22. The molecule has 1 unspecified atom stereocenters. The number of alkyl halides is 3. The molecule has 0 spiro atoms. The highest BCUT2D eigenvalue weighted by molar-refractivity contribution is 8.00. The molecule has 0 aromatic rings. The molecule has 0 aliphatic rings. The number of halogens is 3. The Morgan fingerprint density at radius 1 is 1.33 bits per heavy atom. The molecule has 7 heteroatoms. The van der Waals surface area contributed by atoms with Gasteiger partial charge < -0.3 is 11.1 Å². The van der Waals surface area contributed by atoms with Crippen LogP contribution in [0, 0.1) is 11.3 Å². The lowest BCUT2D eigenvalue weighted by atomic mass is 9.84.